The minimum absolute atomic E-state index is 0.0486. The highest BCUT2D eigenvalue weighted by molar-refractivity contribution is 8.17. The number of halogens is 1. The standard InChI is InChI=1S/C22H36FN5O4S2/c1-11(2)14-9-15(25-7)17(23)16(12(3)4)18(14)27-21(30)28-34(8,24,32)19-13(5)26-20(33-19)22(6,31)10-29/h9,11-12,25,29,31H,10H2,1-8H3,(H4,24,27,28,30,32). The van der Waals surface area contributed by atoms with Crippen LogP contribution < -0.4 is 20.5 Å². The summed E-state index contributed by atoms with van der Waals surface area (Å²) in [6.07, 6.45) is 1.19. The number of amides is 2. The quantitative estimate of drug-likeness (QED) is 0.316. The van der Waals surface area contributed by atoms with Crippen LogP contribution in [-0.2, 0) is 15.0 Å². The highest BCUT2D eigenvalue weighted by atomic mass is 32.3. The van der Waals surface area contributed by atoms with Crippen LogP contribution in [0.3, 0.4) is 0 Å². The van der Waals surface area contributed by atoms with Crippen LogP contribution in [0, 0.1) is 12.7 Å². The fourth-order valence-electron chi connectivity index (χ4n) is 3.59. The number of benzene rings is 1. The number of urea groups is 1. The zero-order valence-corrected chi connectivity index (χ0v) is 22.5. The van der Waals surface area contributed by atoms with E-state index in [1.165, 1.54) is 13.2 Å². The third-order valence-corrected chi connectivity index (χ3v) is 9.98. The van der Waals surface area contributed by atoms with E-state index in [1.54, 1.807) is 20.0 Å². The summed E-state index contributed by atoms with van der Waals surface area (Å²) in [5.74, 6) is -0.783. The van der Waals surface area contributed by atoms with E-state index >= 15 is 4.39 Å². The Labute approximate surface area is 204 Å². The van der Waals surface area contributed by atoms with Crippen LogP contribution in [0.1, 0.15) is 68.3 Å². The Morgan fingerprint density at radius 1 is 1.32 bits per heavy atom. The molecule has 1 atom stereocenters. The number of aryl methyl sites for hydroxylation is 1. The lowest BCUT2D eigenvalue weighted by Crippen LogP contribution is -2.57. The Balaban J connectivity index is 2.52. The van der Waals surface area contributed by atoms with Crippen molar-refractivity contribution in [3.05, 3.63) is 33.7 Å². The number of nitrogens with zero attached hydrogens (tertiary/aromatic N) is 1. The van der Waals surface area contributed by atoms with Crippen LogP contribution >= 0.6 is 11.3 Å². The van der Waals surface area contributed by atoms with Gasteiger partial charge in [-0.2, -0.15) is 0 Å². The lowest BCUT2D eigenvalue weighted by atomic mass is 9.91. The summed E-state index contributed by atoms with van der Waals surface area (Å²) >= 11 is 0.847. The second-order valence-electron chi connectivity index (χ2n) is 9.47. The maximum absolute atomic E-state index is 15.2. The molecule has 7 N–H and O–H groups in total. The normalized spacial score (nSPS) is 15.1. The van der Waals surface area contributed by atoms with Gasteiger partial charge in [0, 0.05) is 28.3 Å². The van der Waals surface area contributed by atoms with Gasteiger partial charge in [-0.1, -0.05) is 27.7 Å². The maximum atomic E-state index is 15.2. The van der Waals surface area contributed by atoms with Crippen molar-refractivity contribution in [2.45, 2.75) is 63.2 Å². The molecule has 0 bridgehead atoms. The number of anilines is 2. The number of carbonyl (C=O) groups excluding carboxylic acids is 1. The first-order valence-corrected chi connectivity index (χ1v) is 14.1. The highest BCUT2D eigenvalue weighted by Crippen LogP contribution is 2.39. The topological polar surface area (TPSA) is 150 Å². The number of hydrogen-bond acceptors (Lipinski definition) is 7. The van der Waals surface area contributed by atoms with Gasteiger partial charge in [-0.15, -0.1) is 11.3 Å². The van der Waals surface area contributed by atoms with Crippen LogP contribution in [0.15, 0.2) is 10.3 Å². The molecule has 12 heteroatoms. The van der Waals surface area contributed by atoms with E-state index in [-0.39, 0.29) is 26.7 Å². The predicted octanol–water partition coefficient (Wildman–Crippen LogP) is 3.50. The van der Waals surface area contributed by atoms with Crippen molar-refractivity contribution < 1.29 is 23.6 Å². The second kappa shape index (κ2) is 9.50. The summed E-state index contributed by atoms with van der Waals surface area (Å²) in [5.41, 5.74) is 0.238. The number of nitrogens with two attached hydrogens (primary N) is 1. The van der Waals surface area contributed by atoms with E-state index < -0.39 is 33.5 Å². The maximum Gasteiger partial charge on any atom is 0.330 e. The Bertz CT molecular complexity index is 1150. The Kier molecular flexibility index (Phi) is 7.85. The number of rotatable bonds is 8. The lowest BCUT2D eigenvalue weighted by Gasteiger charge is -2.34. The fourth-order valence-corrected chi connectivity index (χ4v) is 7.00. The van der Waals surface area contributed by atoms with E-state index in [0.29, 0.717) is 22.5 Å². The van der Waals surface area contributed by atoms with Gasteiger partial charge < -0.3 is 20.8 Å². The molecular weight excluding hydrogens is 481 g/mol. The lowest BCUT2D eigenvalue weighted by molar-refractivity contribution is -0.00251. The molecule has 1 aromatic carbocycles. The third kappa shape index (κ3) is 5.57. The van der Waals surface area contributed by atoms with Gasteiger partial charge >= 0.3 is 6.03 Å². The minimum atomic E-state index is -4.48. The molecule has 0 aliphatic carbocycles. The van der Waals surface area contributed by atoms with Crippen molar-refractivity contribution in [1.29, 1.82) is 0 Å². The predicted molar refractivity (Wildman–Crippen MR) is 136 cm³/mol. The Morgan fingerprint density at radius 3 is 2.38 bits per heavy atom. The van der Waals surface area contributed by atoms with E-state index in [0.717, 1.165) is 11.3 Å². The van der Waals surface area contributed by atoms with E-state index in [9.17, 15) is 19.2 Å². The number of carbonyl (C=O) groups is 1. The SMILES string of the molecule is CNc1cc(C(C)C)c(NC(=O)NS(C)(N)(=O)c2sc(C(C)(O)CO)nc2C)c(C(C)C)c1F. The molecule has 0 aliphatic rings. The van der Waals surface area contributed by atoms with Gasteiger partial charge in [0.1, 0.15) is 14.8 Å². The largest absolute Gasteiger partial charge is 0.393 e. The monoisotopic (exact) mass is 517 g/mol. The highest BCUT2D eigenvalue weighted by Gasteiger charge is 2.38. The van der Waals surface area contributed by atoms with Crippen molar-refractivity contribution in [3.63, 3.8) is 0 Å². The van der Waals surface area contributed by atoms with Gasteiger partial charge in [-0.05, 0) is 37.3 Å². The fraction of sp³-hybridized carbons (Fsp3) is 0.545. The molecule has 192 valence electrons. The van der Waals surface area contributed by atoms with Crippen LogP contribution in [0.25, 0.3) is 0 Å². The van der Waals surface area contributed by atoms with Crippen molar-refractivity contribution in [2.75, 3.05) is 30.5 Å². The molecule has 9 nitrogen and oxygen atoms in total. The number of aromatic nitrogens is 1. The van der Waals surface area contributed by atoms with Crippen molar-refractivity contribution in [1.82, 2.24) is 9.71 Å². The van der Waals surface area contributed by atoms with Crippen molar-refractivity contribution in [2.24, 2.45) is 5.14 Å². The van der Waals surface area contributed by atoms with Crippen LogP contribution in [0.4, 0.5) is 20.6 Å². The van der Waals surface area contributed by atoms with Gasteiger partial charge in [0.2, 0.25) is 0 Å². The van der Waals surface area contributed by atoms with Gasteiger partial charge in [-0.25, -0.2) is 18.4 Å². The second-order valence-corrected chi connectivity index (χ2v) is 14.2. The molecule has 0 saturated heterocycles. The zero-order valence-electron chi connectivity index (χ0n) is 20.9. The summed E-state index contributed by atoms with van der Waals surface area (Å²) in [4.78, 5) is 17.3. The molecule has 0 fully saturated rings. The first-order chi connectivity index (χ1) is 15.4. The smallest absolute Gasteiger partial charge is 0.330 e. The molecule has 0 saturated carbocycles. The van der Waals surface area contributed by atoms with E-state index in [1.807, 2.05) is 27.7 Å². The summed E-state index contributed by atoms with van der Waals surface area (Å²) in [6, 6.07) is 0.771. The summed E-state index contributed by atoms with van der Waals surface area (Å²) < 4.78 is 31.4. The summed E-state index contributed by atoms with van der Waals surface area (Å²) in [6.45, 7) is 9.78. The molecule has 2 rings (SSSR count). The number of hydrogen-bond donors (Lipinski definition) is 6. The summed E-state index contributed by atoms with van der Waals surface area (Å²) in [7, 11) is -2.86. The molecule has 0 spiro atoms. The molecule has 2 amide bonds. The molecular formula is C22H36FN5O4S2. The van der Waals surface area contributed by atoms with Crippen LogP contribution in [-0.4, -0.2) is 45.3 Å². The first kappa shape index (κ1) is 28.1. The van der Waals surface area contributed by atoms with Crippen molar-refractivity contribution in [3.8, 4) is 0 Å². The van der Waals surface area contributed by atoms with Gasteiger partial charge in [0.05, 0.1) is 23.7 Å². The number of aliphatic hydroxyl groups excluding tert-OH is 1. The zero-order chi connectivity index (χ0) is 26.2. The van der Waals surface area contributed by atoms with E-state index in [4.69, 9.17) is 5.14 Å². The molecule has 2 aromatic rings. The third-order valence-electron chi connectivity index (χ3n) is 5.37. The van der Waals surface area contributed by atoms with Crippen LogP contribution in [0.5, 0.6) is 0 Å². The number of nitrogens with one attached hydrogen (secondary N) is 3. The number of aliphatic hydroxyl groups is 2. The average Bonchev–Trinajstić information content (AvgIpc) is 3.10. The van der Waals surface area contributed by atoms with Crippen LogP contribution in [0.2, 0.25) is 0 Å². The molecule has 1 heterocycles. The minimum Gasteiger partial charge on any atom is -0.393 e. The first-order valence-electron chi connectivity index (χ1n) is 10.8. The summed E-state index contributed by atoms with van der Waals surface area (Å²) in [5, 5.41) is 31.6. The Hall–Kier alpha value is -2.12. The van der Waals surface area contributed by atoms with Gasteiger partial charge in [-0.3, -0.25) is 9.86 Å². The molecule has 34 heavy (non-hydrogen) atoms. The van der Waals surface area contributed by atoms with Crippen molar-refractivity contribution >= 4 is 38.2 Å². The van der Waals surface area contributed by atoms with Gasteiger partial charge in [0.15, 0.2) is 5.82 Å². The van der Waals surface area contributed by atoms with Gasteiger partial charge in [0.25, 0.3) is 0 Å². The number of thiazole rings is 1. The molecule has 1 unspecified atom stereocenters. The molecule has 0 radical (unpaired) electrons. The average molecular weight is 518 g/mol. The molecule has 1 aromatic heterocycles. The molecule has 0 aliphatic heterocycles. The Morgan fingerprint density at radius 2 is 1.91 bits per heavy atom. The van der Waals surface area contributed by atoms with E-state index in [2.05, 4.69) is 20.3 Å².